The van der Waals surface area contributed by atoms with Crippen LogP contribution in [0, 0.1) is 11.3 Å². The molecule has 0 amide bonds. The van der Waals surface area contributed by atoms with Crippen LogP contribution in [0.4, 0.5) is 0 Å². The van der Waals surface area contributed by atoms with E-state index in [-0.39, 0.29) is 16.3 Å². The largest absolute Gasteiger partial charge is 0.505 e. The zero-order valence-electron chi connectivity index (χ0n) is 16.3. The number of aromatic nitrogens is 2. The van der Waals surface area contributed by atoms with Crippen molar-refractivity contribution in [1.29, 1.82) is 5.26 Å². The van der Waals surface area contributed by atoms with Crippen LogP contribution in [0.5, 0.6) is 11.5 Å². The molecular formula is C22H20ClN3O2S. The average molecular weight is 426 g/mol. The third kappa shape index (κ3) is 4.64. The van der Waals surface area contributed by atoms with Gasteiger partial charge < -0.3 is 9.84 Å². The molecule has 0 radical (unpaired) electrons. The Bertz CT molecular complexity index is 1060. The van der Waals surface area contributed by atoms with E-state index in [9.17, 15) is 10.4 Å². The molecular weight excluding hydrogens is 406 g/mol. The lowest BCUT2D eigenvalue weighted by Gasteiger charge is -2.27. The SMILES string of the molecule is CSc1nccc(COc2ccc(C(C)(C)c3cc(Cl)c(O)c(C#N)c3)cc2)n1. The van der Waals surface area contributed by atoms with Crippen LogP contribution in [0.3, 0.4) is 0 Å². The van der Waals surface area contributed by atoms with Crippen molar-refractivity contribution in [2.75, 3.05) is 6.26 Å². The van der Waals surface area contributed by atoms with Gasteiger partial charge in [-0.25, -0.2) is 9.97 Å². The number of rotatable bonds is 6. The molecule has 0 unspecified atom stereocenters. The quantitative estimate of drug-likeness (QED) is 0.424. The van der Waals surface area contributed by atoms with Crippen LogP contribution in [0.1, 0.15) is 36.2 Å². The molecule has 0 bridgehead atoms. The second kappa shape index (κ2) is 8.73. The van der Waals surface area contributed by atoms with Gasteiger partial charge in [0, 0.05) is 11.6 Å². The zero-order valence-corrected chi connectivity index (χ0v) is 17.9. The van der Waals surface area contributed by atoms with Crippen LogP contribution in [0.2, 0.25) is 5.02 Å². The van der Waals surface area contributed by atoms with E-state index in [1.807, 2.05) is 56.5 Å². The maximum absolute atomic E-state index is 9.90. The van der Waals surface area contributed by atoms with Gasteiger partial charge in [-0.05, 0) is 47.7 Å². The summed E-state index contributed by atoms with van der Waals surface area (Å²) in [7, 11) is 0. The van der Waals surface area contributed by atoms with E-state index >= 15 is 0 Å². The van der Waals surface area contributed by atoms with Gasteiger partial charge in [-0.1, -0.05) is 49.3 Å². The fourth-order valence-corrected chi connectivity index (χ4v) is 3.49. The predicted molar refractivity (Wildman–Crippen MR) is 115 cm³/mol. The van der Waals surface area contributed by atoms with Gasteiger partial charge >= 0.3 is 0 Å². The number of nitriles is 1. The second-order valence-corrected chi connectivity index (χ2v) is 8.12. The van der Waals surface area contributed by atoms with Crippen molar-refractivity contribution >= 4 is 23.4 Å². The van der Waals surface area contributed by atoms with Crippen LogP contribution in [-0.4, -0.2) is 21.3 Å². The molecule has 1 aromatic heterocycles. The van der Waals surface area contributed by atoms with E-state index in [1.54, 1.807) is 18.3 Å². The summed E-state index contributed by atoms with van der Waals surface area (Å²) in [6.07, 6.45) is 3.66. The number of halogens is 1. The van der Waals surface area contributed by atoms with Gasteiger partial charge in [0.15, 0.2) is 10.9 Å². The molecule has 148 valence electrons. The highest BCUT2D eigenvalue weighted by Crippen LogP contribution is 2.38. The molecule has 0 aliphatic carbocycles. The summed E-state index contributed by atoms with van der Waals surface area (Å²) in [4.78, 5) is 8.56. The Morgan fingerprint density at radius 2 is 1.90 bits per heavy atom. The number of phenols is 1. The molecule has 3 rings (SSSR count). The van der Waals surface area contributed by atoms with Crippen molar-refractivity contribution in [3.63, 3.8) is 0 Å². The molecule has 0 aliphatic heterocycles. The molecule has 0 spiro atoms. The topological polar surface area (TPSA) is 79.0 Å². The fourth-order valence-electron chi connectivity index (χ4n) is 2.89. The van der Waals surface area contributed by atoms with E-state index in [4.69, 9.17) is 16.3 Å². The monoisotopic (exact) mass is 425 g/mol. The highest BCUT2D eigenvalue weighted by Gasteiger charge is 2.25. The second-order valence-electron chi connectivity index (χ2n) is 6.94. The molecule has 1 heterocycles. The third-order valence-electron chi connectivity index (χ3n) is 4.74. The summed E-state index contributed by atoms with van der Waals surface area (Å²) in [6.45, 7) is 4.44. The summed E-state index contributed by atoms with van der Waals surface area (Å²) >= 11 is 7.59. The first kappa shape index (κ1) is 21.0. The minimum absolute atomic E-state index is 0.162. The standard InChI is InChI=1S/C22H20ClN3O2S/c1-22(2,16-10-14(12-24)20(27)19(23)11-16)15-4-6-18(7-5-15)28-13-17-8-9-25-21(26-17)29-3/h4-11,27H,13H2,1-3H3. The molecule has 0 atom stereocenters. The first-order chi connectivity index (χ1) is 13.8. The average Bonchev–Trinajstić information content (AvgIpc) is 2.74. The Hall–Kier alpha value is -2.75. The third-order valence-corrected chi connectivity index (χ3v) is 5.59. The number of benzene rings is 2. The Morgan fingerprint density at radius 1 is 1.17 bits per heavy atom. The predicted octanol–water partition coefficient (Wildman–Crippen LogP) is 5.33. The van der Waals surface area contributed by atoms with E-state index in [2.05, 4.69) is 9.97 Å². The molecule has 5 nitrogen and oxygen atoms in total. The van der Waals surface area contributed by atoms with Crippen LogP contribution in [0.25, 0.3) is 0 Å². The van der Waals surface area contributed by atoms with Crippen LogP contribution < -0.4 is 4.74 Å². The summed E-state index contributed by atoms with van der Waals surface area (Å²) in [5.74, 6) is 0.544. The van der Waals surface area contributed by atoms with E-state index in [0.29, 0.717) is 11.8 Å². The molecule has 1 N–H and O–H groups in total. The van der Waals surface area contributed by atoms with Gasteiger partial charge in [0.25, 0.3) is 0 Å². The number of thioether (sulfide) groups is 1. The van der Waals surface area contributed by atoms with E-state index in [1.165, 1.54) is 11.8 Å². The Labute approximate surface area is 179 Å². The summed E-state index contributed by atoms with van der Waals surface area (Å²) in [5.41, 5.74) is 2.44. The van der Waals surface area contributed by atoms with Crippen molar-refractivity contribution in [3.05, 3.63) is 76.1 Å². The molecule has 0 aliphatic rings. The molecule has 29 heavy (non-hydrogen) atoms. The Morgan fingerprint density at radius 3 is 2.55 bits per heavy atom. The molecule has 7 heteroatoms. The fraction of sp³-hybridized carbons (Fsp3) is 0.227. The molecule has 0 saturated carbocycles. The lowest BCUT2D eigenvalue weighted by Crippen LogP contribution is -2.19. The van der Waals surface area contributed by atoms with E-state index < -0.39 is 5.41 Å². The van der Waals surface area contributed by atoms with Gasteiger partial charge in [0.2, 0.25) is 0 Å². The minimum atomic E-state index is -0.415. The lowest BCUT2D eigenvalue weighted by atomic mass is 9.77. The number of ether oxygens (including phenoxy) is 1. The summed E-state index contributed by atoms with van der Waals surface area (Å²) < 4.78 is 5.84. The highest BCUT2D eigenvalue weighted by atomic mass is 35.5. The first-order valence-corrected chi connectivity index (χ1v) is 10.5. The molecule has 0 fully saturated rings. The highest BCUT2D eigenvalue weighted by molar-refractivity contribution is 7.98. The summed E-state index contributed by atoms with van der Waals surface area (Å²) in [5, 5.41) is 20.0. The maximum Gasteiger partial charge on any atom is 0.187 e. The van der Waals surface area contributed by atoms with Crippen molar-refractivity contribution in [2.24, 2.45) is 0 Å². The molecule has 0 saturated heterocycles. The number of phenolic OH excluding ortho intramolecular Hbond substituents is 1. The molecule has 2 aromatic carbocycles. The zero-order chi connectivity index (χ0) is 21.0. The van der Waals surface area contributed by atoms with Crippen molar-refractivity contribution < 1.29 is 9.84 Å². The summed E-state index contributed by atoms with van der Waals surface area (Å²) in [6, 6.07) is 15.0. The first-order valence-electron chi connectivity index (χ1n) is 8.87. The Balaban J connectivity index is 1.78. The van der Waals surface area contributed by atoms with Crippen molar-refractivity contribution in [3.8, 4) is 17.6 Å². The number of aromatic hydroxyl groups is 1. The van der Waals surface area contributed by atoms with E-state index in [0.717, 1.165) is 22.6 Å². The Kier molecular flexibility index (Phi) is 6.31. The number of hydrogen-bond donors (Lipinski definition) is 1. The van der Waals surface area contributed by atoms with Crippen LogP contribution >= 0.6 is 23.4 Å². The normalized spacial score (nSPS) is 11.1. The number of nitrogens with zero attached hydrogens (tertiary/aromatic N) is 3. The van der Waals surface area contributed by atoms with Gasteiger partial charge in [0.1, 0.15) is 18.4 Å². The maximum atomic E-state index is 9.90. The van der Waals surface area contributed by atoms with Crippen LogP contribution in [-0.2, 0) is 12.0 Å². The molecule has 3 aromatic rings. The number of hydrogen-bond acceptors (Lipinski definition) is 6. The lowest BCUT2D eigenvalue weighted by molar-refractivity contribution is 0.300. The van der Waals surface area contributed by atoms with Gasteiger partial charge in [-0.2, -0.15) is 5.26 Å². The van der Waals surface area contributed by atoms with Gasteiger partial charge in [0.05, 0.1) is 16.3 Å². The van der Waals surface area contributed by atoms with Gasteiger partial charge in [-0.15, -0.1) is 0 Å². The van der Waals surface area contributed by atoms with Crippen molar-refractivity contribution in [2.45, 2.75) is 31.0 Å². The van der Waals surface area contributed by atoms with Gasteiger partial charge in [-0.3, -0.25) is 0 Å². The van der Waals surface area contributed by atoms with Crippen LogP contribution in [0.15, 0.2) is 53.8 Å². The smallest absolute Gasteiger partial charge is 0.187 e. The minimum Gasteiger partial charge on any atom is -0.505 e. The van der Waals surface area contributed by atoms with Crippen molar-refractivity contribution in [1.82, 2.24) is 9.97 Å².